The maximum atomic E-state index is 12.3. The summed E-state index contributed by atoms with van der Waals surface area (Å²) >= 11 is 4.89. The number of aromatic nitrogens is 1. The molecule has 0 atom stereocenters. The maximum Gasteiger partial charge on any atom is 0.410 e. The van der Waals surface area contributed by atoms with Gasteiger partial charge >= 0.3 is 6.09 Å². The van der Waals surface area contributed by atoms with Gasteiger partial charge in [0.1, 0.15) is 5.60 Å². The topological polar surface area (TPSA) is 74.8 Å². The van der Waals surface area contributed by atoms with Crippen molar-refractivity contribution < 1.29 is 14.3 Å². The number of nitrogens with zero attached hydrogens (tertiary/aromatic N) is 3. The van der Waals surface area contributed by atoms with Crippen LogP contribution in [-0.4, -0.2) is 65.1 Å². The smallest absolute Gasteiger partial charge is 0.410 e. The zero-order chi connectivity index (χ0) is 19.6. The third-order valence-corrected chi connectivity index (χ3v) is 5.41. The summed E-state index contributed by atoms with van der Waals surface area (Å²) in [6, 6.07) is 5.83. The maximum absolute atomic E-state index is 12.3. The van der Waals surface area contributed by atoms with E-state index in [1.54, 1.807) is 4.90 Å². The second-order valence-corrected chi connectivity index (χ2v) is 9.37. The van der Waals surface area contributed by atoms with Crippen molar-refractivity contribution in [1.29, 1.82) is 0 Å². The lowest BCUT2D eigenvalue weighted by Crippen LogP contribution is -2.51. The second kappa shape index (κ2) is 8.12. The molecule has 3 rings (SSSR count). The Morgan fingerprint density at radius 3 is 2.63 bits per heavy atom. The van der Waals surface area contributed by atoms with E-state index in [2.05, 4.69) is 26.2 Å². The minimum absolute atomic E-state index is 0.0983. The van der Waals surface area contributed by atoms with Gasteiger partial charge in [-0.1, -0.05) is 27.3 Å². The van der Waals surface area contributed by atoms with Crippen LogP contribution in [0.5, 0.6) is 0 Å². The highest BCUT2D eigenvalue weighted by atomic mass is 79.9. The summed E-state index contributed by atoms with van der Waals surface area (Å²) in [6.07, 6.45) is -0.299. The Morgan fingerprint density at radius 1 is 1.26 bits per heavy atom. The van der Waals surface area contributed by atoms with Crippen molar-refractivity contribution in [3.63, 3.8) is 0 Å². The molecule has 2 amide bonds. The molecule has 2 heterocycles. The fourth-order valence-electron chi connectivity index (χ4n) is 2.73. The van der Waals surface area contributed by atoms with E-state index in [0.717, 1.165) is 14.7 Å². The molecule has 0 aliphatic carbocycles. The van der Waals surface area contributed by atoms with E-state index in [9.17, 15) is 9.59 Å². The summed E-state index contributed by atoms with van der Waals surface area (Å²) in [5.74, 6) is -0.0983. The summed E-state index contributed by atoms with van der Waals surface area (Å²) in [6.45, 7) is 8.22. The van der Waals surface area contributed by atoms with Crippen molar-refractivity contribution in [3.05, 3.63) is 22.7 Å². The molecule has 0 unspecified atom stereocenters. The lowest BCUT2D eigenvalue weighted by Gasteiger charge is -2.35. The van der Waals surface area contributed by atoms with Crippen LogP contribution in [0, 0.1) is 0 Å². The second-order valence-electron chi connectivity index (χ2n) is 7.42. The number of carbonyl (C=O) groups is 2. The average molecular weight is 455 g/mol. The highest BCUT2D eigenvalue weighted by Crippen LogP contribution is 2.28. The lowest BCUT2D eigenvalue weighted by atomic mass is 10.2. The van der Waals surface area contributed by atoms with E-state index < -0.39 is 5.60 Å². The number of rotatable bonds is 3. The SMILES string of the molecule is CC(C)(C)OC(=O)N1CCN(CC(=O)Nc2nc3ccc(Br)cc3s2)CC1. The van der Waals surface area contributed by atoms with Crippen molar-refractivity contribution in [1.82, 2.24) is 14.8 Å². The van der Waals surface area contributed by atoms with Crippen LogP contribution in [0.25, 0.3) is 10.2 Å². The fraction of sp³-hybridized carbons (Fsp3) is 0.500. The summed E-state index contributed by atoms with van der Waals surface area (Å²) in [5.41, 5.74) is 0.366. The van der Waals surface area contributed by atoms with Crippen molar-refractivity contribution in [2.24, 2.45) is 0 Å². The molecular formula is C18H23BrN4O3S. The molecule has 0 radical (unpaired) electrons. The minimum atomic E-state index is -0.499. The van der Waals surface area contributed by atoms with Crippen LogP contribution in [0.4, 0.5) is 9.93 Å². The molecule has 2 aromatic rings. The Balaban J connectivity index is 1.48. The molecule has 146 valence electrons. The van der Waals surface area contributed by atoms with Crippen LogP contribution in [0.15, 0.2) is 22.7 Å². The molecule has 0 spiro atoms. The normalized spacial score (nSPS) is 15.8. The standard InChI is InChI=1S/C18H23BrN4O3S/c1-18(2,3)26-17(25)23-8-6-22(7-9-23)11-15(24)21-16-20-13-5-4-12(19)10-14(13)27-16/h4-5,10H,6-9,11H2,1-3H3,(H,20,21,24). The fourth-order valence-corrected chi connectivity index (χ4v) is 4.16. The van der Waals surface area contributed by atoms with Gasteiger partial charge in [-0.15, -0.1) is 0 Å². The van der Waals surface area contributed by atoms with Gasteiger partial charge in [-0.3, -0.25) is 9.69 Å². The van der Waals surface area contributed by atoms with Crippen LogP contribution in [0.1, 0.15) is 20.8 Å². The first-order valence-corrected chi connectivity index (χ1v) is 10.4. The molecule has 0 bridgehead atoms. The molecule has 0 saturated carbocycles. The average Bonchev–Trinajstić information content (AvgIpc) is 2.94. The van der Waals surface area contributed by atoms with E-state index in [1.165, 1.54) is 11.3 Å². The molecule has 1 saturated heterocycles. The quantitative estimate of drug-likeness (QED) is 0.767. The summed E-state index contributed by atoms with van der Waals surface area (Å²) < 4.78 is 7.39. The Kier molecular flexibility index (Phi) is 6.02. The molecule has 7 nitrogen and oxygen atoms in total. The van der Waals surface area contributed by atoms with Gasteiger partial charge in [0.15, 0.2) is 5.13 Å². The number of ether oxygens (including phenoxy) is 1. The van der Waals surface area contributed by atoms with E-state index in [-0.39, 0.29) is 18.5 Å². The first-order chi connectivity index (χ1) is 12.7. The van der Waals surface area contributed by atoms with Gasteiger partial charge in [-0.2, -0.15) is 0 Å². The van der Waals surface area contributed by atoms with Crippen LogP contribution in [-0.2, 0) is 9.53 Å². The number of fused-ring (bicyclic) bond motifs is 1. The van der Waals surface area contributed by atoms with Crippen LogP contribution in [0.2, 0.25) is 0 Å². The van der Waals surface area contributed by atoms with Gasteiger partial charge in [0.2, 0.25) is 5.91 Å². The number of nitrogens with one attached hydrogen (secondary N) is 1. The number of benzene rings is 1. The van der Waals surface area contributed by atoms with Crippen molar-refractivity contribution in [3.8, 4) is 0 Å². The first-order valence-electron chi connectivity index (χ1n) is 8.76. The highest BCUT2D eigenvalue weighted by Gasteiger charge is 2.26. The number of hydrogen-bond donors (Lipinski definition) is 1. The number of thiazole rings is 1. The van der Waals surface area contributed by atoms with E-state index in [4.69, 9.17) is 4.74 Å². The summed E-state index contributed by atoms with van der Waals surface area (Å²) in [5, 5.41) is 3.47. The molecular weight excluding hydrogens is 432 g/mol. The van der Waals surface area contributed by atoms with Crippen LogP contribution in [0.3, 0.4) is 0 Å². The molecule has 1 aromatic carbocycles. The number of anilines is 1. The van der Waals surface area contributed by atoms with Gasteiger partial charge in [-0.25, -0.2) is 9.78 Å². The van der Waals surface area contributed by atoms with Crippen LogP contribution >= 0.6 is 27.3 Å². The predicted octanol–water partition coefficient (Wildman–Crippen LogP) is 3.55. The largest absolute Gasteiger partial charge is 0.444 e. The van der Waals surface area contributed by atoms with E-state index >= 15 is 0 Å². The zero-order valence-electron chi connectivity index (χ0n) is 15.6. The Bertz CT molecular complexity index is 841. The molecule has 1 aliphatic heterocycles. The van der Waals surface area contributed by atoms with Crippen molar-refractivity contribution in [2.45, 2.75) is 26.4 Å². The van der Waals surface area contributed by atoms with Gasteiger partial charge < -0.3 is 15.0 Å². The first kappa shape index (κ1) is 20.0. The van der Waals surface area contributed by atoms with Gasteiger partial charge in [0.25, 0.3) is 0 Å². The highest BCUT2D eigenvalue weighted by molar-refractivity contribution is 9.10. The molecule has 1 aromatic heterocycles. The minimum Gasteiger partial charge on any atom is -0.444 e. The zero-order valence-corrected chi connectivity index (χ0v) is 18.0. The number of piperazine rings is 1. The number of amides is 2. The van der Waals surface area contributed by atoms with Gasteiger partial charge in [0, 0.05) is 30.7 Å². The number of carbonyl (C=O) groups excluding carboxylic acids is 2. The van der Waals surface area contributed by atoms with Crippen molar-refractivity contribution >= 4 is 54.6 Å². The van der Waals surface area contributed by atoms with Crippen molar-refractivity contribution in [2.75, 3.05) is 38.0 Å². The van der Waals surface area contributed by atoms with Gasteiger partial charge in [-0.05, 0) is 39.0 Å². The summed E-state index contributed by atoms with van der Waals surface area (Å²) in [7, 11) is 0. The van der Waals surface area contributed by atoms with E-state index in [1.807, 2.05) is 43.9 Å². The Morgan fingerprint density at radius 2 is 1.96 bits per heavy atom. The van der Waals surface area contributed by atoms with E-state index in [0.29, 0.717) is 31.3 Å². The Hall–Kier alpha value is -1.71. The molecule has 1 fully saturated rings. The lowest BCUT2D eigenvalue weighted by molar-refractivity contribution is -0.117. The molecule has 9 heteroatoms. The third kappa shape index (κ3) is 5.63. The predicted molar refractivity (Wildman–Crippen MR) is 110 cm³/mol. The van der Waals surface area contributed by atoms with Gasteiger partial charge in [0.05, 0.1) is 16.8 Å². The third-order valence-electron chi connectivity index (χ3n) is 3.99. The monoisotopic (exact) mass is 454 g/mol. The molecule has 1 aliphatic rings. The molecule has 1 N–H and O–H groups in total. The number of hydrogen-bond acceptors (Lipinski definition) is 6. The van der Waals surface area contributed by atoms with Crippen LogP contribution < -0.4 is 5.32 Å². The molecule has 27 heavy (non-hydrogen) atoms. The summed E-state index contributed by atoms with van der Waals surface area (Å²) in [4.78, 5) is 32.6. The Labute approximate surface area is 170 Å². The number of halogens is 1.